The molecule has 0 aliphatic heterocycles. The first-order valence-corrected chi connectivity index (χ1v) is 5.48. The van der Waals surface area contributed by atoms with E-state index in [1.165, 1.54) is 12.1 Å². The first-order valence-electron chi connectivity index (χ1n) is 5.48. The predicted molar refractivity (Wildman–Crippen MR) is 60.9 cm³/mol. The fourth-order valence-electron chi connectivity index (χ4n) is 1.35. The zero-order valence-electron chi connectivity index (χ0n) is 9.47. The van der Waals surface area contributed by atoms with E-state index in [0.717, 1.165) is 19.0 Å². The molecule has 16 heavy (non-hydrogen) atoms. The van der Waals surface area contributed by atoms with Gasteiger partial charge in [0.1, 0.15) is 11.6 Å². The lowest BCUT2D eigenvalue weighted by Crippen LogP contribution is -2.20. The van der Waals surface area contributed by atoms with Crippen LogP contribution in [0.4, 0.5) is 8.78 Å². The zero-order valence-corrected chi connectivity index (χ0v) is 9.47. The highest BCUT2D eigenvalue weighted by Gasteiger charge is 2.03. The van der Waals surface area contributed by atoms with Crippen LogP contribution in [0.15, 0.2) is 18.2 Å². The number of hydrogen-bond acceptors (Lipinski definition) is 2. The third-order valence-corrected chi connectivity index (χ3v) is 2.55. The molecule has 0 amide bonds. The normalized spacial score (nSPS) is 12.8. The smallest absolute Gasteiger partial charge is 0.130 e. The molecule has 2 nitrogen and oxygen atoms in total. The van der Waals surface area contributed by atoms with Gasteiger partial charge in [-0.05, 0) is 31.5 Å². The molecular formula is C12H18F2N2. The van der Waals surface area contributed by atoms with Gasteiger partial charge in [-0.3, -0.25) is 0 Å². The summed E-state index contributed by atoms with van der Waals surface area (Å²) in [5.41, 5.74) is 5.96. The maximum absolute atomic E-state index is 13.2. The quantitative estimate of drug-likeness (QED) is 0.731. The van der Waals surface area contributed by atoms with Gasteiger partial charge in [-0.25, -0.2) is 8.78 Å². The molecule has 0 fully saturated rings. The van der Waals surface area contributed by atoms with Crippen molar-refractivity contribution in [1.82, 2.24) is 5.32 Å². The molecule has 0 aliphatic carbocycles. The standard InChI is InChI=1S/C12H18F2N2/c1-9(7-15)4-5-16-8-10-2-3-11(13)6-12(10)14/h2-3,6,9,16H,4-5,7-8,15H2,1H3. The van der Waals surface area contributed by atoms with E-state index in [0.29, 0.717) is 24.6 Å². The first kappa shape index (κ1) is 13.1. The molecule has 1 unspecified atom stereocenters. The third kappa shape index (κ3) is 4.24. The molecule has 0 heterocycles. The van der Waals surface area contributed by atoms with E-state index in [1.807, 2.05) is 0 Å². The summed E-state index contributed by atoms with van der Waals surface area (Å²) in [5.74, 6) is -0.581. The lowest BCUT2D eigenvalue weighted by molar-refractivity contribution is 0.502. The number of nitrogens with one attached hydrogen (secondary N) is 1. The van der Waals surface area contributed by atoms with Crippen molar-refractivity contribution in [3.05, 3.63) is 35.4 Å². The van der Waals surface area contributed by atoms with Crippen LogP contribution in [0.3, 0.4) is 0 Å². The van der Waals surface area contributed by atoms with Crippen LogP contribution in [0.5, 0.6) is 0 Å². The van der Waals surface area contributed by atoms with Crippen LogP contribution in [-0.4, -0.2) is 13.1 Å². The second-order valence-electron chi connectivity index (χ2n) is 4.04. The Kier molecular flexibility index (Phi) is 5.35. The van der Waals surface area contributed by atoms with Crippen LogP contribution >= 0.6 is 0 Å². The summed E-state index contributed by atoms with van der Waals surface area (Å²) in [6.07, 6.45) is 0.958. The summed E-state index contributed by atoms with van der Waals surface area (Å²) < 4.78 is 25.8. The highest BCUT2D eigenvalue weighted by Crippen LogP contribution is 2.09. The second-order valence-corrected chi connectivity index (χ2v) is 4.04. The molecule has 0 spiro atoms. The number of benzene rings is 1. The Morgan fingerprint density at radius 3 is 2.75 bits per heavy atom. The van der Waals surface area contributed by atoms with E-state index >= 15 is 0 Å². The molecule has 0 bridgehead atoms. The summed E-state index contributed by atoms with van der Waals surface area (Å²) in [5, 5.41) is 3.11. The fraction of sp³-hybridized carbons (Fsp3) is 0.500. The Bertz CT molecular complexity index is 329. The summed E-state index contributed by atoms with van der Waals surface area (Å²) >= 11 is 0. The molecule has 4 heteroatoms. The van der Waals surface area contributed by atoms with E-state index in [1.54, 1.807) is 0 Å². The van der Waals surface area contributed by atoms with Gasteiger partial charge in [0.25, 0.3) is 0 Å². The number of rotatable bonds is 6. The van der Waals surface area contributed by atoms with Crippen molar-refractivity contribution in [2.75, 3.05) is 13.1 Å². The monoisotopic (exact) mass is 228 g/mol. The Labute approximate surface area is 94.8 Å². The molecule has 1 aromatic rings. The van der Waals surface area contributed by atoms with Crippen LogP contribution in [0, 0.1) is 17.6 Å². The van der Waals surface area contributed by atoms with Crippen molar-refractivity contribution in [1.29, 1.82) is 0 Å². The summed E-state index contributed by atoms with van der Waals surface area (Å²) in [6.45, 7) is 3.94. The van der Waals surface area contributed by atoms with Gasteiger partial charge in [0.05, 0.1) is 0 Å². The molecule has 0 saturated heterocycles. The van der Waals surface area contributed by atoms with Crippen LogP contribution in [0.1, 0.15) is 18.9 Å². The predicted octanol–water partition coefficient (Wildman–Crippen LogP) is 2.04. The van der Waals surface area contributed by atoms with Crippen molar-refractivity contribution in [3.8, 4) is 0 Å². The van der Waals surface area contributed by atoms with Gasteiger partial charge in [0.15, 0.2) is 0 Å². The molecule has 0 radical (unpaired) electrons. The molecule has 0 saturated carbocycles. The zero-order chi connectivity index (χ0) is 12.0. The van der Waals surface area contributed by atoms with Crippen LogP contribution in [-0.2, 0) is 6.54 Å². The summed E-state index contributed by atoms with van der Waals surface area (Å²) in [7, 11) is 0. The maximum atomic E-state index is 13.2. The first-order chi connectivity index (χ1) is 7.63. The van der Waals surface area contributed by atoms with E-state index < -0.39 is 11.6 Å². The topological polar surface area (TPSA) is 38.0 Å². The van der Waals surface area contributed by atoms with Crippen molar-refractivity contribution in [2.45, 2.75) is 19.9 Å². The lowest BCUT2D eigenvalue weighted by Gasteiger charge is -2.09. The van der Waals surface area contributed by atoms with Crippen molar-refractivity contribution < 1.29 is 8.78 Å². The van der Waals surface area contributed by atoms with Gasteiger partial charge in [0, 0.05) is 18.2 Å². The van der Waals surface area contributed by atoms with Crippen molar-refractivity contribution >= 4 is 0 Å². The molecule has 1 rings (SSSR count). The van der Waals surface area contributed by atoms with Crippen molar-refractivity contribution in [2.24, 2.45) is 11.7 Å². The van der Waals surface area contributed by atoms with Gasteiger partial charge in [-0.1, -0.05) is 13.0 Å². The maximum Gasteiger partial charge on any atom is 0.130 e. The molecular weight excluding hydrogens is 210 g/mol. The third-order valence-electron chi connectivity index (χ3n) is 2.55. The molecule has 90 valence electrons. The van der Waals surface area contributed by atoms with Gasteiger partial charge in [0.2, 0.25) is 0 Å². The lowest BCUT2D eigenvalue weighted by atomic mass is 10.1. The van der Waals surface area contributed by atoms with E-state index in [9.17, 15) is 8.78 Å². The number of halogens is 2. The van der Waals surface area contributed by atoms with E-state index in [4.69, 9.17) is 5.73 Å². The van der Waals surface area contributed by atoms with Crippen LogP contribution in [0.2, 0.25) is 0 Å². The van der Waals surface area contributed by atoms with E-state index in [2.05, 4.69) is 12.2 Å². The molecule has 0 aliphatic rings. The van der Waals surface area contributed by atoms with E-state index in [-0.39, 0.29) is 0 Å². The van der Waals surface area contributed by atoms with Gasteiger partial charge >= 0.3 is 0 Å². The Morgan fingerprint density at radius 1 is 1.38 bits per heavy atom. The average molecular weight is 228 g/mol. The highest BCUT2D eigenvalue weighted by molar-refractivity contribution is 5.18. The highest BCUT2D eigenvalue weighted by atomic mass is 19.1. The Morgan fingerprint density at radius 2 is 2.12 bits per heavy atom. The molecule has 3 N–H and O–H groups in total. The van der Waals surface area contributed by atoms with Gasteiger partial charge in [-0.15, -0.1) is 0 Å². The Hall–Kier alpha value is -1.00. The Balaban J connectivity index is 2.32. The minimum absolute atomic E-state index is 0.420. The summed E-state index contributed by atoms with van der Waals surface area (Å²) in [6, 6.07) is 3.63. The largest absolute Gasteiger partial charge is 0.330 e. The average Bonchev–Trinajstić information content (AvgIpc) is 2.26. The molecule has 1 aromatic carbocycles. The fourth-order valence-corrected chi connectivity index (χ4v) is 1.35. The van der Waals surface area contributed by atoms with Crippen LogP contribution < -0.4 is 11.1 Å². The second kappa shape index (κ2) is 6.55. The SMILES string of the molecule is CC(CN)CCNCc1ccc(F)cc1F. The minimum Gasteiger partial charge on any atom is -0.330 e. The van der Waals surface area contributed by atoms with Crippen molar-refractivity contribution in [3.63, 3.8) is 0 Å². The van der Waals surface area contributed by atoms with Gasteiger partial charge in [-0.2, -0.15) is 0 Å². The number of nitrogens with two attached hydrogens (primary N) is 1. The summed E-state index contributed by atoms with van der Waals surface area (Å²) in [4.78, 5) is 0. The van der Waals surface area contributed by atoms with Gasteiger partial charge < -0.3 is 11.1 Å². The minimum atomic E-state index is -0.544. The van der Waals surface area contributed by atoms with Crippen LogP contribution in [0.25, 0.3) is 0 Å². The number of hydrogen-bond donors (Lipinski definition) is 2. The molecule has 1 atom stereocenters. The molecule has 0 aromatic heterocycles.